The maximum Gasteiger partial charge on any atom is 0.0540 e. The first-order valence-corrected chi connectivity index (χ1v) is 16.2. The second kappa shape index (κ2) is 11.0. The minimum absolute atomic E-state index is 1.11. The molecule has 0 fully saturated rings. The van der Waals surface area contributed by atoms with Gasteiger partial charge in [0.1, 0.15) is 0 Å². The Bertz CT molecular complexity index is 2410. The number of rotatable bonds is 6. The lowest BCUT2D eigenvalue weighted by atomic mass is 9.89. The first-order valence-electron chi connectivity index (χ1n) is 16.2. The summed E-state index contributed by atoms with van der Waals surface area (Å²) in [6.07, 6.45) is 0. The molecule has 0 atom stereocenters. The first kappa shape index (κ1) is 27.2. The highest BCUT2D eigenvalue weighted by Crippen LogP contribution is 2.46. The molecule has 2 heteroatoms. The molecule has 0 aromatic heterocycles. The van der Waals surface area contributed by atoms with Crippen molar-refractivity contribution in [3.63, 3.8) is 0 Å². The predicted molar refractivity (Wildman–Crippen MR) is 202 cm³/mol. The Balaban J connectivity index is 1.25. The summed E-state index contributed by atoms with van der Waals surface area (Å²) < 4.78 is 0. The fraction of sp³-hybridized carbons (Fsp3) is 0.0222. The lowest BCUT2D eigenvalue weighted by Gasteiger charge is -2.29. The molecule has 0 saturated heterocycles. The first-order chi connectivity index (χ1) is 23.2. The summed E-state index contributed by atoms with van der Waals surface area (Å²) in [6.45, 7) is 2.14. The molecular formula is C45H32N2. The van der Waals surface area contributed by atoms with Crippen LogP contribution in [0.3, 0.4) is 0 Å². The van der Waals surface area contributed by atoms with E-state index in [4.69, 9.17) is 0 Å². The monoisotopic (exact) mass is 600 g/mol. The lowest BCUT2D eigenvalue weighted by molar-refractivity contribution is 1.26. The Morgan fingerprint density at radius 2 is 0.723 bits per heavy atom. The average molecular weight is 601 g/mol. The highest BCUT2D eigenvalue weighted by molar-refractivity contribution is 6.34. The van der Waals surface area contributed by atoms with Crippen LogP contribution in [0, 0.1) is 6.92 Å². The van der Waals surface area contributed by atoms with Crippen LogP contribution in [0.4, 0.5) is 34.1 Å². The second-order valence-electron chi connectivity index (χ2n) is 12.3. The summed E-state index contributed by atoms with van der Waals surface area (Å²) in [5, 5.41) is 10.4. The van der Waals surface area contributed by atoms with Crippen LogP contribution in [-0.4, -0.2) is 0 Å². The summed E-state index contributed by atoms with van der Waals surface area (Å²) >= 11 is 0. The molecule has 0 unspecified atom stereocenters. The van der Waals surface area contributed by atoms with Crippen LogP contribution < -0.4 is 9.80 Å². The van der Waals surface area contributed by atoms with Crippen molar-refractivity contribution in [1.82, 2.24) is 0 Å². The molecule has 2 nitrogen and oxygen atoms in total. The van der Waals surface area contributed by atoms with Crippen molar-refractivity contribution >= 4 is 77.2 Å². The molecule has 47 heavy (non-hydrogen) atoms. The van der Waals surface area contributed by atoms with Gasteiger partial charge in [-0.1, -0.05) is 115 Å². The lowest BCUT2D eigenvalue weighted by Crippen LogP contribution is -2.12. The third kappa shape index (κ3) is 4.49. The van der Waals surface area contributed by atoms with E-state index in [2.05, 4.69) is 193 Å². The van der Waals surface area contributed by atoms with Crippen molar-refractivity contribution < 1.29 is 0 Å². The van der Waals surface area contributed by atoms with E-state index in [0.717, 1.165) is 34.1 Å². The standard InChI is InChI=1S/C45H32N2/c1-31-21-23-36(24-22-31)47(37-27-25-35(26-28-37)46(33-13-4-2-5-14-33)34-15-6-3-7-16-34)43-30-29-41-39-18-9-12-32-11-8-17-38(44(32)39)40-19-10-20-42(43)45(40)41/h2-30H,1H3. The average Bonchev–Trinajstić information content (AvgIpc) is 3.13. The summed E-state index contributed by atoms with van der Waals surface area (Å²) in [6, 6.07) is 63.8. The van der Waals surface area contributed by atoms with Gasteiger partial charge in [0.15, 0.2) is 0 Å². The van der Waals surface area contributed by atoms with Crippen LogP contribution in [0.15, 0.2) is 176 Å². The van der Waals surface area contributed by atoms with Gasteiger partial charge in [0, 0.05) is 33.8 Å². The molecule has 0 aliphatic rings. The van der Waals surface area contributed by atoms with E-state index in [1.807, 2.05) is 0 Å². The molecule has 222 valence electrons. The van der Waals surface area contributed by atoms with E-state index >= 15 is 0 Å². The fourth-order valence-corrected chi connectivity index (χ4v) is 7.30. The second-order valence-corrected chi connectivity index (χ2v) is 12.3. The Morgan fingerprint density at radius 1 is 0.298 bits per heavy atom. The largest absolute Gasteiger partial charge is 0.311 e. The van der Waals surface area contributed by atoms with E-state index in [0.29, 0.717) is 0 Å². The van der Waals surface area contributed by atoms with Crippen molar-refractivity contribution in [2.24, 2.45) is 0 Å². The summed E-state index contributed by atoms with van der Waals surface area (Å²) in [4.78, 5) is 4.71. The van der Waals surface area contributed by atoms with Crippen molar-refractivity contribution in [2.45, 2.75) is 6.92 Å². The fourth-order valence-electron chi connectivity index (χ4n) is 7.30. The molecular weight excluding hydrogens is 569 g/mol. The van der Waals surface area contributed by atoms with Crippen molar-refractivity contribution in [3.05, 3.63) is 181 Å². The van der Waals surface area contributed by atoms with Crippen LogP contribution in [0.25, 0.3) is 43.1 Å². The maximum absolute atomic E-state index is 2.41. The number of para-hydroxylation sites is 2. The molecule has 0 aliphatic heterocycles. The van der Waals surface area contributed by atoms with Gasteiger partial charge in [-0.15, -0.1) is 0 Å². The minimum atomic E-state index is 1.11. The van der Waals surface area contributed by atoms with Gasteiger partial charge in [0.25, 0.3) is 0 Å². The highest BCUT2D eigenvalue weighted by atomic mass is 15.2. The maximum atomic E-state index is 2.41. The van der Waals surface area contributed by atoms with Crippen molar-refractivity contribution in [2.75, 3.05) is 9.80 Å². The normalized spacial score (nSPS) is 11.5. The van der Waals surface area contributed by atoms with Crippen LogP contribution in [0.5, 0.6) is 0 Å². The highest BCUT2D eigenvalue weighted by Gasteiger charge is 2.20. The number of benzene rings is 9. The SMILES string of the molecule is Cc1ccc(N(c2ccc(N(c3ccccc3)c3ccccc3)cc2)c2ccc3c4cccc5cccc(c6cccc2c63)c54)cc1. The van der Waals surface area contributed by atoms with Crippen LogP contribution >= 0.6 is 0 Å². The molecule has 0 N–H and O–H groups in total. The van der Waals surface area contributed by atoms with Gasteiger partial charge in [-0.05, 0) is 111 Å². The van der Waals surface area contributed by atoms with Crippen molar-refractivity contribution in [3.8, 4) is 0 Å². The van der Waals surface area contributed by atoms with Gasteiger partial charge in [0.05, 0.1) is 5.69 Å². The Kier molecular flexibility index (Phi) is 6.39. The third-order valence-corrected chi connectivity index (χ3v) is 9.43. The molecule has 9 rings (SSSR count). The number of hydrogen-bond acceptors (Lipinski definition) is 2. The number of hydrogen-bond donors (Lipinski definition) is 0. The molecule has 0 aliphatic carbocycles. The van der Waals surface area contributed by atoms with Crippen LogP contribution in [0.1, 0.15) is 5.56 Å². The number of nitrogens with zero attached hydrogens (tertiary/aromatic N) is 2. The van der Waals surface area contributed by atoms with Crippen LogP contribution in [0.2, 0.25) is 0 Å². The molecule has 0 bridgehead atoms. The molecule has 0 heterocycles. The zero-order valence-corrected chi connectivity index (χ0v) is 26.1. The number of anilines is 6. The zero-order valence-electron chi connectivity index (χ0n) is 26.1. The van der Waals surface area contributed by atoms with Gasteiger partial charge < -0.3 is 9.80 Å². The van der Waals surface area contributed by atoms with E-state index in [9.17, 15) is 0 Å². The van der Waals surface area contributed by atoms with E-state index in [1.165, 1.54) is 48.7 Å². The van der Waals surface area contributed by atoms with Gasteiger partial charge in [-0.2, -0.15) is 0 Å². The van der Waals surface area contributed by atoms with Gasteiger partial charge in [-0.25, -0.2) is 0 Å². The summed E-state index contributed by atoms with van der Waals surface area (Å²) in [7, 11) is 0. The Morgan fingerprint density at radius 3 is 1.30 bits per heavy atom. The van der Waals surface area contributed by atoms with Crippen LogP contribution in [-0.2, 0) is 0 Å². The predicted octanol–water partition coefficient (Wildman–Crippen LogP) is 13.0. The smallest absolute Gasteiger partial charge is 0.0540 e. The minimum Gasteiger partial charge on any atom is -0.311 e. The van der Waals surface area contributed by atoms with Gasteiger partial charge in [0.2, 0.25) is 0 Å². The number of aryl methyl sites for hydroxylation is 1. The Hall–Kier alpha value is -6.12. The van der Waals surface area contributed by atoms with E-state index < -0.39 is 0 Å². The van der Waals surface area contributed by atoms with Gasteiger partial charge in [-0.3, -0.25) is 0 Å². The summed E-state index contributed by atoms with van der Waals surface area (Å²) in [5.74, 6) is 0. The molecule has 9 aromatic rings. The summed E-state index contributed by atoms with van der Waals surface area (Å²) in [5.41, 5.74) is 8.00. The topological polar surface area (TPSA) is 6.48 Å². The quantitative estimate of drug-likeness (QED) is 0.138. The molecule has 0 amide bonds. The zero-order chi connectivity index (χ0) is 31.3. The van der Waals surface area contributed by atoms with Gasteiger partial charge >= 0.3 is 0 Å². The number of fused-ring (bicyclic) bond motifs is 2. The molecule has 0 saturated carbocycles. The Labute approximate surface area is 274 Å². The molecule has 0 radical (unpaired) electrons. The molecule has 9 aromatic carbocycles. The molecule has 0 spiro atoms. The van der Waals surface area contributed by atoms with E-state index in [1.54, 1.807) is 0 Å². The third-order valence-electron chi connectivity index (χ3n) is 9.43. The van der Waals surface area contributed by atoms with Crippen molar-refractivity contribution in [1.29, 1.82) is 0 Å². The van der Waals surface area contributed by atoms with E-state index in [-0.39, 0.29) is 0 Å².